The number of benzene rings is 2. The molecule has 1 saturated carbocycles. The summed E-state index contributed by atoms with van der Waals surface area (Å²) in [6.07, 6.45) is 4.54. The van der Waals surface area contributed by atoms with Gasteiger partial charge in [-0.15, -0.1) is 0 Å². The summed E-state index contributed by atoms with van der Waals surface area (Å²) in [7, 11) is -3.87. The van der Waals surface area contributed by atoms with Crippen LogP contribution in [0.2, 0.25) is 0 Å². The molecule has 8 nitrogen and oxygen atoms in total. The number of rotatable bonds is 10. The molecule has 0 radical (unpaired) electrons. The summed E-state index contributed by atoms with van der Waals surface area (Å²) in [6, 6.07) is 18.8. The van der Waals surface area contributed by atoms with E-state index in [1.807, 2.05) is 18.2 Å². The Morgan fingerprint density at radius 3 is 2.47 bits per heavy atom. The first kappa shape index (κ1) is 23.7. The summed E-state index contributed by atoms with van der Waals surface area (Å²) in [5, 5.41) is 2.87. The first-order valence-electron chi connectivity index (χ1n) is 11.0. The van der Waals surface area contributed by atoms with Crippen LogP contribution in [0.5, 0.6) is 0 Å². The fourth-order valence-corrected chi connectivity index (χ4v) is 4.99. The quantitative estimate of drug-likeness (QED) is 0.429. The van der Waals surface area contributed by atoms with E-state index in [4.69, 9.17) is 9.15 Å². The van der Waals surface area contributed by atoms with Gasteiger partial charge in [0.1, 0.15) is 5.76 Å². The largest absolute Gasteiger partial charge is 0.468 e. The molecule has 4 rings (SSSR count). The number of carbonyl (C=O) groups excluding carboxylic acids is 2. The van der Waals surface area contributed by atoms with Gasteiger partial charge >= 0.3 is 5.97 Å². The van der Waals surface area contributed by atoms with Crippen LogP contribution in [0.4, 0.5) is 0 Å². The van der Waals surface area contributed by atoms with Gasteiger partial charge < -0.3 is 14.5 Å². The van der Waals surface area contributed by atoms with Crippen LogP contribution in [-0.2, 0) is 31.5 Å². The third-order valence-electron chi connectivity index (χ3n) is 6.05. The van der Waals surface area contributed by atoms with Crippen LogP contribution < -0.4 is 10.0 Å². The fraction of sp³-hybridized carbons (Fsp3) is 0.280. The van der Waals surface area contributed by atoms with Gasteiger partial charge in [-0.1, -0.05) is 42.8 Å². The number of hydrogen-bond acceptors (Lipinski definition) is 6. The van der Waals surface area contributed by atoms with Crippen LogP contribution >= 0.6 is 0 Å². The highest BCUT2D eigenvalue weighted by Crippen LogP contribution is 2.43. The maximum absolute atomic E-state index is 12.5. The first-order valence-corrected chi connectivity index (χ1v) is 12.5. The van der Waals surface area contributed by atoms with Crippen molar-refractivity contribution in [2.45, 2.75) is 36.1 Å². The van der Waals surface area contributed by atoms with Gasteiger partial charge in [-0.25, -0.2) is 17.9 Å². The van der Waals surface area contributed by atoms with E-state index in [1.165, 1.54) is 36.1 Å². The summed E-state index contributed by atoms with van der Waals surface area (Å²) >= 11 is 0. The molecule has 0 bridgehead atoms. The second-order valence-electron chi connectivity index (χ2n) is 8.28. The van der Waals surface area contributed by atoms with Crippen molar-refractivity contribution < 1.29 is 27.2 Å². The SMILES string of the molecule is O=C(COC(=O)c1cccc(S(=O)(=O)NCc2ccco2)c1)NCC1(c2ccccc2)CCC1. The number of hydrogen-bond donors (Lipinski definition) is 2. The topological polar surface area (TPSA) is 115 Å². The average Bonchev–Trinajstić information content (AvgIpc) is 3.35. The van der Waals surface area contributed by atoms with Crippen LogP contribution in [0.15, 0.2) is 82.3 Å². The summed E-state index contributed by atoms with van der Waals surface area (Å²) in [6.45, 7) is 0.00847. The Labute approximate surface area is 198 Å². The van der Waals surface area contributed by atoms with E-state index in [1.54, 1.807) is 12.1 Å². The molecule has 0 spiro atoms. The second kappa shape index (κ2) is 10.2. The predicted molar refractivity (Wildman–Crippen MR) is 124 cm³/mol. The normalized spacial score (nSPS) is 14.7. The molecular formula is C25H26N2O6S. The molecule has 0 atom stereocenters. The zero-order valence-electron chi connectivity index (χ0n) is 18.5. The van der Waals surface area contributed by atoms with E-state index in [2.05, 4.69) is 22.2 Å². The third kappa shape index (κ3) is 5.55. The van der Waals surface area contributed by atoms with E-state index in [9.17, 15) is 18.0 Å². The lowest BCUT2D eigenvalue weighted by Crippen LogP contribution is -2.46. The molecule has 34 heavy (non-hydrogen) atoms. The van der Waals surface area contributed by atoms with Crippen molar-refractivity contribution in [1.82, 2.24) is 10.0 Å². The van der Waals surface area contributed by atoms with E-state index in [0.717, 1.165) is 19.3 Å². The minimum absolute atomic E-state index is 0.0192. The highest BCUT2D eigenvalue weighted by Gasteiger charge is 2.38. The van der Waals surface area contributed by atoms with Crippen molar-refractivity contribution in [3.63, 3.8) is 0 Å². The molecule has 1 aromatic heterocycles. The van der Waals surface area contributed by atoms with Gasteiger partial charge in [0.2, 0.25) is 10.0 Å². The van der Waals surface area contributed by atoms with Crippen LogP contribution in [-0.4, -0.2) is 33.4 Å². The molecule has 1 heterocycles. The summed E-state index contributed by atoms with van der Waals surface area (Å²) in [4.78, 5) is 24.7. The molecule has 3 aromatic rings. The lowest BCUT2D eigenvalue weighted by molar-refractivity contribution is -0.124. The Bertz CT molecular complexity index is 1240. The van der Waals surface area contributed by atoms with Crippen molar-refractivity contribution in [1.29, 1.82) is 0 Å². The van der Waals surface area contributed by atoms with Gasteiger partial charge in [0, 0.05) is 12.0 Å². The van der Waals surface area contributed by atoms with Gasteiger partial charge in [-0.2, -0.15) is 0 Å². The van der Waals surface area contributed by atoms with Gasteiger partial charge in [-0.3, -0.25) is 4.79 Å². The summed E-state index contributed by atoms with van der Waals surface area (Å²) < 4.78 is 37.7. The summed E-state index contributed by atoms with van der Waals surface area (Å²) in [5.41, 5.74) is 1.15. The molecule has 0 unspecified atom stereocenters. The molecule has 1 fully saturated rings. The van der Waals surface area contributed by atoms with Crippen molar-refractivity contribution in [2.75, 3.05) is 13.2 Å². The third-order valence-corrected chi connectivity index (χ3v) is 7.45. The molecule has 2 N–H and O–H groups in total. The Hall–Kier alpha value is -3.43. The van der Waals surface area contributed by atoms with E-state index in [0.29, 0.717) is 12.3 Å². The molecule has 9 heteroatoms. The molecule has 0 aliphatic heterocycles. The Morgan fingerprint density at radius 2 is 1.79 bits per heavy atom. The molecule has 178 valence electrons. The van der Waals surface area contributed by atoms with Gasteiger partial charge in [0.05, 0.1) is 23.3 Å². The lowest BCUT2D eigenvalue weighted by Gasteiger charge is -2.42. The van der Waals surface area contributed by atoms with E-state index in [-0.39, 0.29) is 22.4 Å². The average molecular weight is 483 g/mol. The molecule has 0 saturated heterocycles. The lowest BCUT2D eigenvalue weighted by atomic mass is 9.64. The van der Waals surface area contributed by atoms with E-state index >= 15 is 0 Å². The predicted octanol–water partition coefficient (Wildman–Crippen LogP) is 3.15. The number of nitrogens with one attached hydrogen (secondary N) is 2. The Balaban J connectivity index is 1.30. The monoisotopic (exact) mass is 482 g/mol. The molecule has 2 aromatic carbocycles. The number of sulfonamides is 1. The van der Waals surface area contributed by atoms with Crippen molar-refractivity contribution >= 4 is 21.9 Å². The minimum atomic E-state index is -3.87. The van der Waals surface area contributed by atoms with Crippen molar-refractivity contribution in [3.8, 4) is 0 Å². The molecule has 1 amide bonds. The maximum atomic E-state index is 12.5. The molecule has 1 aliphatic rings. The van der Waals surface area contributed by atoms with Crippen LogP contribution in [0.1, 0.15) is 40.9 Å². The number of amides is 1. The van der Waals surface area contributed by atoms with Crippen molar-refractivity contribution in [2.24, 2.45) is 0 Å². The zero-order valence-corrected chi connectivity index (χ0v) is 19.3. The number of esters is 1. The zero-order chi connectivity index (χ0) is 24.0. The highest BCUT2D eigenvalue weighted by atomic mass is 32.2. The van der Waals surface area contributed by atoms with E-state index < -0.39 is 28.5 Å². The Kier molecular flexibility index (Phi) is 7.14. The van der Waals surface area contributed by atoms with Gasteiger partial charge in [0.15, 0.2) is 6.61 Å². The van der Waals surface area contributed by atoms with Gasteiger partial charge in [-0.05, 0) is 48.7 Å². The standard InChI is InChI=1S/C25H26N2O6S/c28-23(26-18-25(12-6-13-25)20-8-2-1-3-9-20)17-33-24(29)19-7-4-11-22(15-19)34(30,31)27-16-21-10-5-14-32-21/h1-5,7-11,14-15,27H,6,12-13,16-18H2,(H,26,28). The number of furan rings is 1. The summed E-state index contributed by atoms with van der Waals surface area (Å²) in [5.74, 6) is -0.722. The molecular weight excluding hydrogens is 456 g/mol. The smallest absolute Gasteiger partial charge is 0.338 e. The minimum Gasteiger partial charge on any atom is -0.468 e. The highest BCUT2D eigenvalue weighted by molar-refractivity contribution is 7.89. The van der Waals surface area contributed by atoms with Crippen LogP contribution in [0, 0.1) is 0 Å². The Morgan fingerprint density at radius 1 is 1.00 bits per heavy atom. The second-order valence-corrected chi connectivity index (χ2v) is 10.1. The van der Waals surface area contributed by atoms with Crippen LogP contribution in [0.25, 0.3) is 0 Å². The number of ether oxygens (including phenoxy) is 1. The molecule has 1 aliphatic carbocycles. The van der Waals surface area contributed by atoms with Gasteiger partial charge in [0.25, 0.3) is 5.91 Å². The maximum Gasteiger partial charge on any atom is 0.338 e. The van der Waals surface area contributed by atoms with Crippen molar-refractivity contribution in [3.05, 3.63) is 89.9 Å². The number of carbonyl (C=O) groups is 2. The first-order chi connectivity index (χ1) is 16.4. The fourth-order valence-electron chi connectivity index (χ4n) is 3.95. The van der Waals surface area contributed by atoms with Crippen LogP contribution in [0.3, 0.4) is 0 Å².